The van der Waals surface area contributed by atoms with Crippen molar-refractivity contribution in [2.24, 2.45) is 0 Å². The minimum atomic E-state index is 0.00796. The molecule has 16 heavy (non-hydrogen) atoms. The van der Waals surface area contributed by atoms with Gasteiger partial charge in [0, 0.05) is 0 Å². The van der Waals surface area contributed by atoms with Crippen molar-refractivity contribution in [2.75, 3.05) is 24.7 Å². The van der Waals surface area contributed by atoms with Crippen LogP contribution in [0, 0.1) is 6.92 Å². The Bertz CT molecular complexity index is 440. The molecule has 0 spiro atoms. The summed E-state index contributed by atoms with van der Waals surface area (Å²) in [5.74, 6) is 0.791. The van der Waals surface area contributed by atoms with Gasteiger partial charge in [-0.15, -0.1) is 0 Å². The highest BCUT2D eigenvalue weighted by atomic mass is 16.6. The van der Waals surface area contributed by atoms with Crippen LogP contribution in [0.25, 0.3) is 0 Å². The molecule has 0 aromatic heterocycles. The fraction of sp³-hybridized carbons (Fsp3) is 0.417. The first kappa shape index (κ1) is 9.66. The number of carbonyl (C=O) groups is 1. The fourth-order valence-electron chi connectivity index (χ4n) is 1.89. The van der Waals surface area contributed by atoms with E-state index in [1.807, 2.05) is 25.1 Å². The third kappa shape index (κ3) is 1.65. The molecule has 0 saturated carbocycles. The predicted octanol–water partition coefficient (Wildman–Crippen LogP) is 1.12. The molecule has 0 radical (unpaired) electrons. The number of rotatable bonds is 2. The number of fused-ring (bicyclic) bond motifs is 1. The van der Waals surface area contributed by atoms with Crippen LogP contribution in [0.15, 0.2) is 18.2 Å². The average molecular weight is 219 g/mol. The molecule has 3 rings (SSSR count). The lowest BCUT2D eigenvalue weighted by Gasteiger charge is -2.29. The van der Waals surface area contributed by atoms with E-state index in [0.717, 1.165) is 23.6 Å². The smallest absolute Gasteiger partial charge is 0.265 e. The fourth-order valence-corrected chi connectivity index (χ4v) is 1.89. The Morgan fingerprint density at radius 1 is 1.50 bits per heavy atom. The van der Waals surface area contributed by atoms with Crippen molar-refractivity contribution < 1.29 is 14.3 Å². The van der Waals surface area contributed by atoms with Crippen molar-refractivity contribution >= 4 is 11.6 Å². The maximum Gasteiger partial charge on any atom is 0.265 e. The Labute approximate surface area is 93.8 Å². The van der Waals surface area contributed by atoms with Crippen LogP contribution in [0.2, 0.25) is 0 Å². The van der Waals surface area contributed by atoms with Crippen LogP contribution < -0.4 is 9.64 Å². The number of aryl methyl sites for hydroxylation is 1. The van der Waals surface area contributed by atoms with Crippen LogP contribution in [0.3, 0.4) is 0 Å². The quantitative estimate of drug-likeness (QED) is 0.700. The summed E-state index contributed by atoms with van der Waals surface area (Å²) in [6.45, 7) is 3.53. The lowest BCUT2D eigenvalue weighted by Crippen LogP contribution is -2.41. The van der Waals surface area contributed by atoms with Crippen molar-refractivity contribution in [3.8, 4) is 5.75 Å². The van der Waals surface area contributed by atoms with Crippen LogP contribution in [-0.2, 0) is 9.53 Å². The van der Waals surface area contributed by atoms with Gasteiger partial charge >= 0.3 is 0 Å². The van der Waals surface area contributed by atoms with Gasteiger partial charge in [0.25, 0.3) is 5.91 Å². The molecule has 0 aliphatic carbocycles. The van der Waals surface area contributed by atoms with E-state index in [-0.39, 0.29) is 18.6 Å². The Morgan fingerprint density at radius 3 is 3.06 bits per heavy atom. The molecule has 1 fully saturated rings. The summed E-state index contributed by atoms with van der Waals surface area (Å²) in [5.41, 5.74) is 1.99. The van der Waals surface area contributed by atoms with E-state index in [9.17, 15) is 4.79 Å². The van der Waals surface area contributed by atoms with Crippen LogP contribution in [0.5, 0.6) is 5.75 Å². The SMILES string of the molecule is Cc1ccc2c(c1)N(C[C@@H]1CO1)C(=O)CO2. The van der Waals surface area contributed by atoms with Gasteiger partial charge in [-0.25, -0.2) is 0 Å². The monoisotopic (exact) mass is 219 g/mol. The van der Waals surface area contributed by atoms with Gasteiger partial charge in [0.05, 0.1) is 24.9 Å². The summed E-state index contributed by atoms with van der Waals surface area (Å²) in [6, 6.07) is 5.88. The molecule has 1 aromatic rings. The maximum absolute atomic E-state index is 11.8. The van der Waals surface area contributed by atoms with Gasteiger partial charge in [-0.3, -0.25) is 4.79 Å². The summed E-state index contributed by atoms with van der Waals surface area (Å²) < 4.78 is 10.6. The van der Waals surface area contributed by atoms with Crippen molar-refractivity contribution in [1.82, 2.24) is 0 Å². The lowest BCUT2D eigenvalue weighted by molar-refractivity contribution is -0.121. The van der Waals surface area contributed by atoms with E-state index < -0.39 is 0 Å². The highest BCUT2D eigenvalue weighted by molar-refractivity contribution is 5.98. The zero-order chi connectivity index (χ0) is 11.1. The van der Waals surface area contributed by atoms with Crippen LogP contribution in [0.1, 0.15) is 5.56 Å². The molecule has 2 heterocycles. The number of ether oxygens (including phenoxy) is 2. The number of anilines is 1. The average Bonchev–Trinajstić information content (AvgIpc) is 3.06. The van der Waals surface area contributed by atoms with Crippen LogP contribution in [0.4, 0.5) is 5.69 Å². The molecule has 1 aromatic carbocycles. The number of hydrogen-bond acceptors (Lipinski definition) is 3. The van der Waals surface area contributed by atoms with Gasteiger partial charge in [-0.05, 0) is 24.6 Å². The van der Waals surface area contributed by atoms with Gasteiger partial charge < -0.3 is 14.4 Å². The number of amides is 1. The lowest BCUT2D eigenvalue weighted by atomic mass is 10.1. The number of epoxide rings is 1. The number of carbonyl (C=O) groups excluding carboxylic acids is 1. The van der Waals surface area contributed by atoms with Gasteiger partial charge in [0.1, 0.15) is 5.75 Å². The van der Waals surface area contributed by atoms with E-state index in [0.29, 0.717) is 6.54 Å². The first-order chi connectivity index (χ1) is 7.74. The second-order valence-electron chi connectivity index (χ2n) is 4.22. The summed E-state index contributed by atoms with van der Waals surface area (Å²) in [6.07, 6.45) is 0.204. The van der Waals surface area contributed by atoms with E-state index in [2.05, 4.69) is 0 Å². The number of benzene rings is 1. The van der Waals surface area contributed by atoms with Crippen molar-refractivity contribution in [2.45, 2.75) is 13.0 Å². The summed E-state index contributed by atoms with van der Waals surface area (Å²) in [7, 11) is 0. The minimum Gasteiger partial charge on any atom is -0.482 e. The number of nitrogens with zero attached hydrogens (tertiary/aromatic N) is 1. The third-order valence-corrected chi connectivity index (χ3v) is 2.85. The standard InChI is InChI=1S/C12H13NO3/c1-8-2-3-11-10(4-8)13(5-9-6-15-9)12(14)7-16-11/h2-4,9H,5-7H2,1H3/t9-/m1/s1. The molecule has 2 aliphatic heterocycles. The molecule has 0 unspecified atom stereocenters. The molecule has 1 amide bonds. The van der Waals surface area contributed by atoms with Gasteiger partial charge in [-0.1, -0.05) is 6.07 Å². The first-order valence-electron chi connectivity index (χ1n) is 5.39. The van der Waals surface area contributed by atoms with Gasteiger partial charge in [-0.2, -0.15) is 0 Å². The normalized spacial score (nSPS) is 22.7. The number of hydrogen-bond donors (Lipinski definition) is 0. The second kappa shape index (κ2) is 3.49. The Hall–Kier alpha value is -1.55. The Balaban J connectivity index is 1.96. The largest absolute Gasteiger partial charge is 0.482 e. The molecule has 0 N–H and O–H groups in total. The minimum absolute atomic E-state index is 0.00796. The molecule has 4 nitrogen and oxygen atoms in total. The summed E-state index contributed by atoms with van der Waals surface area (Å²) in [5, 5.41) is 0. The Kier molecular flexibility index (Phi) is 2.11. The van der Waals surface area contributed by atoms with Crippen molar-refractivity contribution in [1.29, 1.82) is 0 Å². The molecule has 4 heteroatoms. The highest BCUT2D eigenvalue weighted by Crippen LogP contribution is 2.33. The van der Waals surface area contributed by atoms with Crippen molar-refractivity contribution in [3.63, 3.8) is 0 Å². The topological polar surface area (TPSA) is 42.1 Å². The zero-order valence-electron chi connectivity index (χ0n) is 9.10. The molecule has 2 aliphatic rings. The molecular formula is C12H13NO3. The predicted molar refractivity (Wildman–Crippen MR) is 58.8 cm³/mol. The van der Waals surface area contributed by atoms with E-state index in [4.69, 9.17) is 9.47 Å². The van der Waals surface area contributed by atoms with E-state index in [1.165, 1.54) is 0 Å². The van der Waals surface area contributed by atoms with Crippen molar-refractivity contribution in [3.05, 3.63) is 23.8 Å². The summed E-state index contributed by atoms with van der Waals surface area (Å²) >= 11 is 0. The molecule has 1 atom stereocenters. The van der Waals surface area contributed by atoms with E-state index >= 15 is 0 Å². The molecule has 84 valence electrons. The highest BCUT2D eigenvalue weighted by Gasteiger charge is 2.32. The van der Waals surface area contributed by atoms with Gasteiger partial charge in [0.2, 0.25) is 0 Å². The zero-order valence-corrected chi connectivity index (χ0v) is 9.10. The third-order valence-electron chi connectivity index (χ3n) is 2.85. The van der Waals surface area contributed by atoms with E-state index in [1.54, 1.807) is 4.90 Å². The second-order valence-corrected chi connectivity index (χ2v) is 4.22. The molecular weight excluding hydrogens is 206 g/mol. The van der Waals surface area contributed by atoms with Gasteiger partial charge in [0.15, 0.2) is 6.61 Å². The first-order valence-corrected chi connectivity index (χ1v) is 5.39. The molecule has 0 bridgehead atoms. The Morgan fingerprint density at radius 2 is 2.31 bits per heavy atom. The summed E-state index contributed by atoms with van der Waals surface area (Å²) in [4.78, 5) is 13.5. The maximum atomic E-state index is 11.8. The van der Waals surface area contributed by atoms with Crippen LogP contribution >= 0.6 is 0 Å². The molecule has 1 saturated heterocycles. The van der Waals surface area contributed by atoms with Crippen LogP contribution in [-0.4, -0.2) is 31.8 Å².